The van der Waals surface area contributed by atoms with Gasteiger partial charge in [-0.05, 0) is 50.1 Å². The summed E-state index contributed by atoms with van der Waals surface area (Å²) < 4.78 is 14.0. The van der Waals surface area contributed by atoms with Crippen LogP contribution in [0.2, 0.25) is 0 Å². The van der Waals surface area contributed by atoms with E-state index in [2.05, 4.69) is 15.5 Å². The number of imide groups is 1. The van der Waals surface area contributed by atoms with Gasteiger partial charge < -0.3 is 10.2 Å². The predicted octanol–water partition coefficient (Wildman–Crippen LogP) is 2.20. The molecule has 2 aliphatic heterocycles. The smallest absolute Gasteiger partial charge is 0.331 e. The van der Waals surface area contributed by atoms with Gasteiger partial charge in [0.2, 0.25) is 5.91 Å². The first-order valence-electron chi connectivity index (χ1n) is 11.6. The van der Waals surface area contributed by atoms with Crippen molar-refractivity contribution in [2.75, 3.05) is 31.6 Å². The van der Waals surface area contributed by atoms with Crippen LogP contribution in [0, 0.1) is 12.7 Å². The van der Waals surface area contributed by atoms with Gasteiger partial charge in [-0.1, -0.05) is 11.6 Å². The first-order valence-corrected chi connectivity index (χ1v) is 11.6. The summed E-state index contributed by atoms with van der Waals surface area (Å²) in [5.74, 6) is -1.98. The zero-order chi connectivity index (χ0) is 25.6. The molecule has 0 bridgehead atoms. The molecule has 10 nitrogen and oxygen atoms in total. The molecule has 2 aliphatic rings. The maximum absolute atomic E-state index is 14.0. The number of hydrogen-bond donors (Lipinski definition) is 2. The van der Waals surface area contributed by atoms with Crippen molar-refractivity contribution in [3.8, 4) is 0 Å². The van der Waals surface area contributed by atoms with E-state index in [0.717, 1.165) is 21.4 Å². The Kier molecular flexibility index (Phi) is 5.70. The van der Waals surface area contributed by atoms with E-state index < -0.39 is 23.3 Å². The molecular weight excluding hydrogens is 467 g/mol. The molecule has 0 saturated carbocycles. The number of amides is 5. The van der Waals surface area contributed by atoms with Crippen molar-refractivity contribution >= 4 is 40.3 Å². The first kappa shape index (κ1) is 23.5. The number of aromatic nitrogens is 2. The molecule has 2 saturated heterocycles. The lowest BCUT2D eigenvalue weighted by molar-refractivity contribution is -0.136. The van der Waals surface area contributed by atoms with E-state index in [1.165, 1.54) is 24.1 Å². The molecule has 5 amide bonds. The second kappa shape index (κ2) is 8.74. The first-order chi connectivity index (χ1) is 17.2. The van der Waals surface area contributed by atoms with Crippen molar-refractivity contribution in [2.24, 2.45) is 0 Å². The Morgan fingerprint density at radius 1 is 1.14 bits per heavy atom. The number of likely N-dealkylation sites (N-methyl/N-ethyl adjacent to an activating group) is 1. The normalized spacial score (nSPS) is 17.4. The van der Waals surface area contributed by atoms with Crippen LogP contribution in [-0.2, 0) is 9.59 Å². The molecule has 1 aromatic heterocycles. The molecule has 1 spiro atoms. The number of aromatic amines is 1. The summed E-state index contributed by atoms with van der Waals surface area (Å²) in [5.41, 5.74) is 0.898. The number of nitrogens with zero attached hydrogens (tertiary/aromatic N) is 4. The lowest BCUT2D eigenvalue weighted by Gasteiger charge is -2.42. The molecule has 5 rings (SSSR count). The third-order valence-corrected chi connectivity index (χ3v) is 7.00. The van der Waals surface area contributed by atoms with Crippen LogP contribution < -0.4 is 10.2 Å². The Hall–Kier alpha value is -4.28. The second-order valence-electron chi connectivity index (χ2n) is 9.20. The van der Waals surface area contributed by atoms with Crippen molar-refractivity contribution in [3.63, 3.8) is 0 Å². The molecule has 0 atom stereocenters. The van der Waals surface area contributed by atoms with Crippen molar-refractivity contribution < 1.29 is 23.6 Å². The van der Waals surface area contributed by atoms with Crippen LogP contribution in [0.3, 0.4) is 0 Å². The maximum Gasteiger partial charge on any atom is 0.331 e. The Labute approximate surface area is 206 Å². The summed E-state index contributed by atoms with van der Waals surface area (Å²) in [6.07, 6.45) is 2.14. The van der Waals surface area contributed by atoms with Crippen LogP contribution >= 0.6 is 0 Å². The van der Waals surface area contributed by atoms with Crippen LogP contribution in [-0.4, -0.2) is 76.0 Å². The summed E-state index contributed by atoms with van der Waals surface area (Å²) in [6.45, 7) is 1.90. The molecule has 36 heavy (non-hydrogen) atoms. The van der Waals surface area contributed by atoms with Gasteiger partial charge in [0.1, 0.15) is 11.4 Å². The minimum absolute atomic E-state index is 0.122. The van der Waals surface area contributed by atoms with Gasteiger partial charge in [-0.15, -0.1) is 0 Å². The van der Waals surface area contributed by atoms with E-state index in [4.69, 9.17) is 0 Å². The van der Waals surface area contributed by atoms with E-state index in [0.29, 0.717) is 5.69 Å². The number of anilines is 1. The zero-order valence-corrected chi connectivity index (χ0v) is 19.9. The lowest BCUT2D eigenvalue weighted by Crippen LogP contribution is -2.58. The summed E-state index contributed by atoms with van der Waals surface area (Å²) in [6, 6.07) is 9.16. The number of rotatable bonds is 4. The summed E-state index contributed by atoms with van der Waals surface area (Å²) in [5, 5.41) is 10.2. The number of fused-ring (bicyclic) bond motifs is 1. The number of nitrogens with one attached hydrogen (secondary N) is 2. The SMILES string of the molecule is Cc1ccc(F)c(C(=O)NCC(=O)N2CCC3(CC2)C(=O)N(C)C(=O)N3c2ccc3[nH]ncc3c2)c1. The molecule has 11 heteroatoms. The highest BCUT2D eigenvalue weighted by atomic mass is 19.1. The quantitative estimate of drug-likeness (QED) is 0.542. The van der Waals surface area contributed by atoms with Gasteiger partial charge in [0, 0.05) is 31.2 Å². The van der Waals surface area contributed by atoms with E-state index in [9.17, 15) is 23.6 Å². The van der Waals surface area contributed by atoms with E-state index in [1.54, 1.807) is 36.2 Å². The zero-order valence-electron chi connectivity index (χ0n) is 19.9. The van der Waals surface area contributed by atoms with Gasteiger partial charge in [0.05, 0.1) is 23.8 Å². The number of H-pyrrole nitrogens is 1. The largest absolute Gasteiger partial charge is 0.343 e. The Morgan fingerprint density at radius 2 is 1.89 bits per heavy atom. The third-order valence-electron chi connectivity index (χ3n) is 7.00. The van der Waals surface area contributed by atoms with Gasteiger partial charge in [-0.25, -0.2) is 9.18 Å². The topological polar surface area (TPSA) is 119 Å². The van der Waals surface area contributed by atoms with E-state index in [-0.39, 0.29) is 49.9 Å². The maximum atomic E-state index is 14.0. The van der Waals surface area contributed by atoms with Crippen LogP contribution in [0.25, 0.3) is 10.9 Å². The lowest BCUT2D eigenvalue weighted by atomic mass is 9.85. The van der Waals surface area contributed by atoms with Crippen molar-refractivity contribution in [1.82, 2.24) is 25.3 Å². The Balaban J connectivity index is 1.29. The molecule has 2 N–H and O–H groups in total. The number of benzene rings is 2. The molecule has 3 aromatic rings. The standard InChI is InChI=1S/C25H25FN6O4/c1-15-3-5-19(26)18(11-15)22(34)27-14-21(33)31-9-7-25(8-10-31)23(35)30(2)24(36)32(25)17-4-6-20-16(12-17)13-28-29-20/h3-6,11-13H,7-10,14H2,1-2H3,(H,27,34)(H,28,29). The fraction of sp³-hybridized carbons (Fsp3) is 0.320. The Morgan fingerprint density at radius 3 is 2.64 bits per heavy atom. The van der Waals surface area contributed by atoms with Crippen molar-refractivity contribution in [2.45, 2.75) is 25.3 Å². The van der Waals surface area contributed by atoms with Crippen LogP contribution in [0.4, 0.5) is 14.9 Å². The summed E-state index contributed by atoms with van der Waals surface area (Å²) >= 11 is 0. The summed E-state index contributed by atoms with van der Waals surface area (Å²) in [4.78, 5) is 55.7. The number of urea groups is 1. The molecule has 186 valence electrons. The minimum atomic E-state index is -1.10. The molecule has 0 unspecified atom stereocenters. The van der Waals surface area contributed by atoms with Gasteiger partial charge in [0.15, 0.2) is 0 Å². The Bertz CT molecular complexity index is 1390. The van der Waals surface area contributed by atoms with E-state index >= 15 is 0 Å². The highest BCUT2D eigenvalue weighted by Crippen LogP contribution is 2.40. The number of piperidine rings is 1. The van der Waals surface area contributed by atoms with Gasteiger partial charge in [-0.2, -0.15) is 5.10 Å². The number of likely N-dealkylation sites (tertiary alicyclic amines) is 1. The van der Waals surface area contributed by atoms with Gasteiger partial charge in [-0.3, -0.25) is 29.3 Å². The van der Waals surface area contributed by atoms with Crippen molar-refractivity contribution in [3.05, 3.63) is 59.5 Å². The number of carbonyl (C=O) groups is 4. The summed E-state index contributed by atoms with van der Waals surface area (Å²) in [7, 11) is 1.46. The van der Waals surface area contributed by atoms with Gasteiger partial charge in [0.25, 0.3) is 11.8 Å². The fourth-order valence-electron chi connectivity index (χ4n) is 4.99. The molecule has 3 heterocycles. The predicted molar refractivity (Wildman–Crippen MR) is 129 cm³/mol. The highest BCUT2D eigenvalue weighted by Gasteiger charge is 2.57. The molecule has 0 aliphatic carbocycles. The molecule has 0 radical (unpaired) electrons. The van der Waals surface area contributed by atoms with Gasteiger partial charge >= 0.3 is 6.03 Å². The number of halogens is 1. The number of hydrogen-bond acceptors (Lipinski definition) is 5. The third kappa shape index (κ3) is 3.76. The van der Waals surface area contributed by atoms with E-state index in [1.807, 2.05) is 6.07 Å². The van der Waals surface area contributed by atoms with Crippen molar-refractivity contribution in [1.29, 1.82) is 0 Å². The molecule has 2 aromatic carbocycles. The second-order valence-corrected chi connectivity index (χ2v) is 9.20. The van der Waals surface area contributed by atoms with Crippen LogP contribution in [0.5, 0.6) is 0 Å². The monoisotopic (exact) mass is 492 g/mol. The molecule has 2 fully saturated rings. The minimum Gasteiger partial charge on any atom is -0.343 e. The van der Waals surface area contributed by atoms with Crippen LogP contribution in [0.1, 0.15) is 28.8 Å². The highest BCUT2D eigenvalue weighted by molar-refractivity contribution is 6.17. The number of aryl methyl sites for hydroxylation is 1. The fourth-order valence-corrected chi connectivity index (χ4v) is 4.99. The average molecular weight is 493 g/mol. The molecular formula is C25H25FN6O4. The number of carbonyl (C=O) groups excluding carboxylic acids is 4. The van der Waals surface area contributed by atoms with Crippen LogP contribution in [0.15, 0.2) is 42.6 Å². The average Bonchev–Trinajstić information content (AvgIpc) is 3.41.